The Labute approximate surface area is 183 Å². The van der Waals surface area contributed by atoms with Gasteiger partial charge in [0.05, 0.1) is 24.0 Å². The Kier molecular flexibility index (Phi) is 7.68. The molecule has 1 heterocycles. The zero-order chi connectivity index (χ0) is 23.5. The number of aliphatic hydroxyl groups excluding tert-OH is 2. The second-order valence-electron chi connectivity index (χ2n) is 7.92. The fourth-order valence-electron chi connectivity index (χ4n) is 3.85. The van der Waals surface area contributed by atoms with Crippen molar-refractivity contribution in [3.05, 3.63) is 39.9 Å². The molecule has 1 saturated carbocycles. The molecule has 0 bridgehead atoms. The van der Waals surface area contributed by atoms with E-state index in [9.17, 15) is 28.8 Å². The Hall–Kier alpha value is -2.30. The molecule has 0 aliphatic heterocycles. The van der Waals surface area contributed by atoms with Gasteiger partial charge in [-0.05, 0) is 25.0 Å². The van der Waals surface area contributed by atoms with E-state index in [2.05, 4.69) is 10.6 Å². The second kappa shape index (κ2) is 10.1. The van der Waals surface area contributed by atoms with Gasteiger partial charge in [0, 0.05) is 24.2 Å². The molecule has 2 aromatic rings. The number of rotatable bonds is 8. The number of hydrogen-bond acceptors (Lipinski definition) is 6. The number of nitrogens with zero attached hydrogens (tertiary/aromatic N) is 1. The lowest BCUT2D eigenvalue weighted by Crippen LogP contribution is -2.32. The van der Waals surface area contributed by atoms with Crippen molar-refractivity contribution in [1.82, 2.24) is 9.88 Å². The first-order valence-electron chi connectivity index (χ1n) is 10.4. The van der Waals surface area contributed by atoms with Crippen LogP contribution in [-0.4, -0.2) is 55.8 Å². The maximum atomic E-state index is 14.8. The fraction of sp³-hybridized carbons (Fsp3) is 0.500. The lowest BCUT2D eigenvalue weighted by molar-refractivity contribution is 0.0420. The van der Waals surface area contributed by atoms with Gasteiger partial charge in [-0.25, -0.2) is 4.39 Å². The van der Waals surface area contributed by atoms with E-state index in [0.717, 1.165) is 48.9 Å². The van der Waals surface area contributed by atoms with Crippen LogP contribution in [0.5, 0.6) is 0 Å². The van der Waals surface area contributed by atoms with Gasteiger partial charge in [0.1, 0.15) is 11.4 Å². The van der Waals surface area contributed by atoms with Crippen LogP contribution >= 0.6 is 7.60 Å². The van der Waals surface area contributed by atoms with E-state index in [1.165, 1.54) is 6.07 Å². The van der Waals surface area contributed by atoms with Gasteiger partial charge in [-0.1, -0.05) is 19.3 Å². The molecule has 1 unspecified atom stereocenters. The van der Waals surface area contributed by atoms with Crippen LogP contribution < -0.4 is 16.1 Å². The number of amides is 1. The molecule has 176 valence electrons. The van der Waals surface area contributed by atoms with Gasteiger partial charge < -0.3 is 35.2 Å². The van der Waals surface area contributed by atoms with Crippen molar-refractivity contribution in [2.75, 3.05) is 24.6 Å². The fourth-order valence-corrected chi connectivity index (χ4v) is 4.26. The zero-order valence-corrected chi connectivity index (χ0v) is 18.2. The molecule has 1 atom stereocenters. The second-order valence-corrected chi connectivity index (χ2v) is 9.69. The van der Waals surface area contributed by atoms with Crippen molar-refractivity contribution < 1.29 is 33.7 Å². The molecule has 1 aromatic heterocycles. The quantitative estimate of drug-likeness (QED) is 0.314. The third kappa shape index (κ3) is 5.73. The van der Waals surface area contributed by atoms with Crippen molar-refractivity contribution in [3.8, 4) is 0 Å². The number of aromatic nitrogens is 1. The van der Waals surface area contributed by atoms with Crippen molar-refractivity contribution in [1.29, 1.82) is 0 Å². The summed E-state index contributed by atoms with van der Waals surface area (Å²) in [5.41, 5.74) is -0.981. The summed E-state index contributed by atoms with van der Waals surface area (Å²) in [6, 6.07) is 2.43. The normalized spacial score (nSPS) is 16.2. The van der Waals surface area contributed by atoms with Gasteiger partial charge in [-0.2, -0.15) is 0 Å². The SMILES string of the molecule is O=C(NCCP(=O)(O)O)c1cn(C(O)CO)c2cc(NC3CCCCC3)c(F)cc2c1=O. The Morgan fingerprint density at radius 2 is 1.94 bits per heavy atom. The number of fused-ring (bicyclic) bond motifs is 1. The van der Waals surface area contributed by atoms with Crippen LogP contribution in [0.4, 0.5) is 10.1 Å². The molecule has 1 fully saturated rings. The van der Waals surface area contributed by atoms with Crippen LogP contribution in [0.3, 0.4) is 0 Å². The van der Waals surface area contributed by atoms with E-state index in [0.29, 0.717) is 0 Å². The summed E-state index contributed by atoms with van der Waals surface area (Å²) in [6.45, 7) is -1.11. The lowest BCUT2D eigenvalue weighted by Gasteiger charge is -2.25. The van der Waals surface area contributed by atoms with Crippen LogP contribution in [0, 0.1) is 5.82 Å². The van der Waals surface area contributed by atoms with Gasteiger partial charge in [-0.15, -0.1) is 0 Å². The predicted octanol–water partition coefficient (Wildman–Crippen LogP) is 1.28. The number of nitrogens with one attached hydrogen (secondary N) is 2. The molecule has 10 nitrogen and oxygen atoms in total. The summed E-state index contributed by atoms with van der Waals surface area (Å²) in [7, 11) is -4.35. The molecule has 0 saturated heterocycles. The van der Waals surface area contributed by atoms with Crippen molar-refractivity contribution in [3.63, 3.8) is 0 Å². The summed E-state index contributed by atoms with van der Waals surface area (Å²) in [5, 5.41) is 24.9. The molecule has 1 amide bonds. The lowest BCUT2D eigenvalue weighted by atomic mass is 9.95. The summed E-state index contributed by atoms with van der Waals surface area (Å²) in [6.07, 6.45) is 3.87. The maximum absolute atomic E-state index is 14.8. The Balaban J connectivity index is 2.01. The summed E-state index contributed by atoms with van der Waals surface area (Å²) in [5.74, 6) is -1.63. The Morgan fingerprint density at radius 3 is 2.56 bits per heavy atom. The average molecular weight is 471 g/mol. The van der Waals surface area contributed by atoms with Crippen LogP contribution in [-0.2, 0) is 4.57 Å². The van der Waals surface area contributed by atoms with E-state index in [1.807, 2.05) is 0 Å². The first kappa shape index (κ1) is 24.3. The number of aliphatic hydroxyl groups is 2. The van der Waals surface area contributed by atoms with Gasteiger partial charge >= 0.3 is 7.60 Å². The molecule has 3 rings (SSSR count). The van der Waals surface area contributed by atoms with Crippen molar-refractivity contribution in [2.24, 2.45) is 0 Å². The third-order valence-corrected chi connectivity index (χ3v) is 6.31. The highest BCUT2D eigenvalue weighted by molar-refractivity contribution is 7.51. The summed E-state index contributed by atoms with van der Waals surface area (Å²) in [4.78, 5) is 43.1. The molecule has 1 aromatic carbocycles. The van der Waals surface area contributed by atoms with E-state index in [-0.39, 0.29) is 29.2 Å². The molecule has 0 radical (unpaired) electrons. The highest BCUT2D eigenvalue weighted by Gasteiger charge is 2.22. The average Bonchev–Trinajstić information content (AvgIpc) is 2.74. The molecular weight excluding hydrogens is 444 g/mol. The topological polar surface area (TPSA) is 161 Å². The summed E-state index contributed by atoms with van der Waals surface area (Å²) >= 11 is 0. The molecule has 12 heteroatoms. The Bertz CT molecular complexity index is 1090. The number of hydrogen-bond donors (Lipinski definition) is 6. The van der Waals surface area contributed by atoms with Crippen LogP contribution in [0.25, 0.3) is 10.9 Å². The number of carbonyl (C=O) groups excluding carboxylic acids is 1. The number of carbonyl (C=O) groups is 1. The van der Waals surface area contributed by atoms with E-state index in [4.69, 9.17) is 9.79 Å². The third-order valence-electron chi connectivity index (χ3n) is 5.50. The van der Waals surface area contributed by atoms with E-state index < -0.39 is 49.3 Å². The maximum Gasteiger partial charge on any atom is 0.327 e. The largest absolute Gasteiger partial charge is 0.392 e. The minimum absolute atomic E-state index is 0.0812. The standard InChI is InChI=1S/C20H27FN3O7P/c21-15-8-13-17(9-16(15)23-12-4-2-1-3-5-12)24(18(26)11-25)10-14(19(13)27)20(28)22-6-7-32(29,30)31/h8-10,12,18,23,25-26H,1-7,11H2,(H,22,28)(H2,29,30,31). The molecule has 6 N–H and O–H groups in total. The monoisotopic (exact) mass is 471 g/mol. The van der Waals surface area contributed by atoms with Gasteiger partial charge in [-0.3, -0.25) is 14.2 Å². The van der Waals surface area contributed by atoms with Gasteiger partial charge in [0.25, 0.3) is 5.91 Å². The molecule has 0 spiro atoms. The minimum Gasteiger partial charge on any atom is -0.392 e. The van der Waals surface area contributed by atoms with Crippen LogP contribution in [0.1, 0.15) is 48.7 Å². The van der Waals surface area contributed by atoms with E-state index >= 15 is 0 Å². The molecule has 32 heavy (non-hydrogen) atoms. The first-order chi connectivity index (χ1) is 15.1. The number of anilines is 1. The first-order valence-corrected chi connectivity index (χ1v) is 12.2. The Morgan fingerprint density at radius 1 is 1.25 bits per heavy atom. The predicted molar refractivity (Wildman–Crippen MR) is 116 cm³/mol. The van der Waals surface area contributed by atoms with Crippen molar-refractivity contribution in [2.45, 2.75) is 44.4 Å². The van der Waals surface area contributed by atoms with E-state index in [1.54, 1.807) is 0 Å². The van der Waals surface area contributed by atoms with Crippen LogP contribution in [0.15, 0.2) is 23.1 Å². The smallest absolute Gasteiger partial charge is 0.327 e. The van der Waals surface area contributed by atoms with Crippen molar-refractivity contribution >= 4 is 30.1 Å². The summed E-state index contributed by atoms with van der Waals surface area (Å²) < 4.78 is 26.9. The molecule has 1 aliphatic carbocycles. The van der Waals surface area contributed by atoms with Gasteiger partial charge in [0.15, 0.2) is 6.23 Å². The number of halogens is 1. The minimum atomic E-state index is -4.35. The molecule has 1 aliphatic rings. The molecular formula is C20H27FN3O7P. The van der Waals surface area contributed by atoms with Gasteiger partial charge in [0.2, 0.25) is 5.43 Å². The van der Waals surface area contributed by atoms with Crippen LogP contribution in [0.2, 0.25) is 0 Å². The number of pyridine rings is 1. The highest BCUT2D eigenvalue weighted by atomic mass is 31.2. The zero-order valence-electron chi connectivity index (χ0n) is 17.3. The number of benzene rings is 1. The highest BCUT2D eigenvalue weighted by Crippen LogP contribution is 2.33.